The zero-order valence-electron chi connectivity index (χ0n) is 16.7. The number of rotatable bonds is 6. The highest BCUT2D eigenvalue weighted by atomic mass is 16.5. The summed E-state index contributed by atoms with van der Waals surface area (Å²) in [4.78, 5) is 26.2. The summed E-state index contributed by atoms with van der Waals surface area (Å²) >= 11 is 0. The molecule has 0 atom stereocenters. The highest BCUT2D eigenvalue weighted by molar-refractivity contribution is 6.13. The van der Waals surface area contributed by atoms with Crippen LogP contribution in [0.15, 0.2) is 84.6 Å². The highest BCUT2D eigenvalue weighted by Gasteiger charge is 2.33. The van der Waals surface area contributed by atoms with E-state index in [0.717, 1.165) is 28.0 Å². The standard InChI is InChI=1S/C25H22N2O3/c1-18-6-5-9-21(14-18)16-27-24(28)23(26-25(27)29)15-19-10-12-22(13-11-19)30-17-20-7-3-2-4-8-20/h2-15H,16-17H2,1H3,(H,26,29)/b23-15+. The number of hydrogen-bond acceptors (Lipinski definition) is 3. The van der Waals surface area contributed by atoms with Crippen molar-refractivity contribution in [1.82, 2.24) is 10.2 Å². The Morgan fingerprint density at radius 3 is 2.37 bits per heavy atom. The van der Waals surface area contributed by atoms with Gasteiger partial charge in [-0.1, -0.05) is 72.3 Å². The molecule has 1 aliphatic rings. The van der Waals surface area contributed by atoms with Crippen LogP contribution in [-0.2, 0) is 17.9 Å². The molecule has 30 heavy (non-hydrogen) atoms. The van der Waals surface area contributed by atoms with Crippen molar-refractivity contribution in [2.75, 3.05) is 0 Å². The van der Waals surface area contributed by atoms with E-state index in [1.165, 1.54) is 4.90 Å². The van der Waals surface area contributed by atoms with Gasteiger partial charge in [-0.15, -0.1) is 0 Å². The number of carbonyl (C=O) groups is 2. The Morgan fingerprint density at radius 2 is 1.63 bits per heavy atom. The van der Waals surface area contributed by atoms with Crippen LogP contribution in [0.1, 0.15) is 22.3 Å². The number of benzene rings is 3. The summed E-state index contributed by atoms with van der Waals surface area (Å²) in [6, 6.07) is 24.7. The first kappa shape index (κ1) is 19.5. The van der Waals surface area contributed by atoms with Gasteiger partial charge in [0.25, 0.3) is 5.91 Å². The maximum absolute atomic E-state index is 12.7. The molecule has 1 fully saturated rings. The van der Waals surface area contributed by atoms with Gasteiger partial charge in [-0.3, -0.25) is 9.69 Å². The molecule has 0 aliphatic carbocycles. The second-order valence-corrected chi connectivity index (χ2v) is 7.21. The summed E-state index contributed by atoms with van der Waals surface area (Å²) in [7, 11) is 0. The van der Waals surface area contributed by atoms with Gasteiger partial charge in [0.1, 0.15) is 18.1 Å². The Bertz CT molecular complexity index is 1090. The molecule has 5 nitrogen and oxygen atoms in total. The van der Waals surface area contributed by atoms with Gasteiger partial charge in [0, 0.05) is 0 Å². The number of aryl methyl sites for hydroxylation is 1. The Balaban J connectivity index is 1.41. The summed E-state index contributed by atoms with van der Waals surface area (Å²) in [5.74, 6) is 0.412. The van der Waals surface area contributed by atoms with Gasteiger partial charge in [0.2, 0.25) is 0 Å². The highest BCUT2D eigenvalue weighted by Crippen LogP contribution is 2.20. The van der Waals surface area contributed by atoms with E-state index in [-0.39, 0.29) is 18.1 Å². The van der Waals surface area contributed by atoms with E-state index in [1.54, 1.807) is 6.08 Å². The summed E-state index contributed by atoms with van der Waals surface area (Å²) in [5, 5.41) is 2.67. The molecule has 0 saturated carbocycles. The van der Waals surface area contributed by atoms with Crippen LogP contribution in [-0.4, -0.2) is 16.8 Å². The van der Waals surface area contributed by atoms with E-state index in [2.05, 4.69) is 5.32 Å². The second-order valence-electron chi connectivity index (χ2n) is 7.21. The van der Waals surface area contributed by atoms with Crippen LogP contribution in [0.25, 0.3) is 6.08 Å². The lowest BCUT2D eigenvalue weighted by atomic mass is 10.1. The fourth-order valence-electron chi connectivity index (χ4n) is 3.28. The molecule has 3 amide bonds. The van der Waals surface area contributed by atoms with Crippen LogP contribution in [0.5, 0.6) is 5.75 Å². The molecule has 0 radical (unpaired) electrons. The molecule has 1 N–H and O–H groups in total. The van der Waals surface area contributed by atoms with Gasteiger partial charge in [-0.25, -0.2) is 4.79 Å². The zero-order valence-corrected chi connectivity index (χ0v) is 16.7. The minimum Gasteiger partial charge on any atom is -0.489 e. The number of carbonyl (C=O) groups excluding carboxylic acids is 2. The number of nitrogens with one attached hydrogen (secondary N) is 1. The van der Waals surface area contributed by atoms with Crippen molar-refractivity contribution in [1.29, 1.82) is 0 Å². The number of hydrogen-bond donors (Lipinski definition) is 1. The summed E-state index contributed by atoms with van der Waals surface area (Å²) in [6.07, 6.45) is 1.68. The molecule has 0 aromatic heterocycles. The van der Waals surface area contributed by atoms with Crippen LogP contribution >= 0.6 is 0 Å². The summed E-state index contributed by atoms with van der Waals surface area (Å²) in [6.45, 7) is 2.72. The number of imide groups is 1. The molecule has 5 heteroatoms. The predicted molar refractivity (Wildman–Crippen MR) is 115 cm³/mol. The third kappa shape index (κ3) is 4.58. The van der Waals surface area contributed by atoms with E-state index in [9.17, 15) is 9.59 Å². The lowest BCUT2D eigenvalue weighted by Gasteiger charge is -2.12. The molecule has 4 rings (SSSR count). The molecule has 0 spiro atoms. The fourth-order valence-corrected chi connectivity index (χ4v) is 3.28. The van der Waals surface area contributed by atoms with Crippen molar-refractivity contribution in [2.45, 2.75) is 20.1 Å². The number of nitrogens with zero attached hydrogens (tertiary/aromatic N) is 1. The fraction of sp³-hybridized carbons (Fsp3) is 0.120. The van der Waals surface area contributed by atoms with Crippen LogP contribution in [0.3, 0.4) is 0 Å². The number of ether oxygens (including phenoxy) is 1. The first-order valence-corrected chi connectivity index (χ1v) is 9.75. The zero-order chi connectivity index (χ0) is 20.9. The first-order chi connectivity index (χ1) is 14.6. The Morgan fingerprint density at radius 1 is 0.900 bits per heavy atom. The van der Waals surface area contributed by atoms with Crippen LogP contribution in [0.4, 0.5) is 4.79 Å². The van der Waals surface area contributed by atoms with Crippen molar-refractivity contribution in [3.8, 4) is 5.75 Å². The average Bonchev–Trinajstić information content (AvgIpc) is 3.01. The van der Waals surface area contributed by atoms with Crippen LogP contribution in [0, 0.1) is 6.92 Å². The Kier molecular flexibility index (Phi) is 5.61. The molecule has 150 valence electrons. The monoisotopic (exact) mass is 398 g/mol. The van der Waals surface area contributed by atoms with Gasteiger partial charge < -0.3 is 10.1 Å². The van der Waals surface area contributed by atoms with E-state index < -0.39 is 6.03 Å². The topological polar surface area (TPSA) is 58.6 Å². The minimum atomic E-state index is -0.407. The van der Waals surface area contributed by atoms with Crippen molar-refractivity contribution < 1.29 is 14.3 Å². The van der Waals surface area contributed by atoms with Crippen molar-refractivity contribution in [2.24, 2.45) is 0 Å². The van der Waals surface area contributed by atoms with Gasteiger partial charge in [0.05, 0.1) is 6.54 Å². The quantitative estimate of drug-likeness (QED) is 0.485. The third-order valence-corrected chi connectivity index (χ3v) is 4.82. The smallest absolute Gasteiger partial charge is 0.329 e. The number of urea groups is 1. The van der Waals surface area contributed by atoms with Crippen LogP contribution in [0.2, 0.25) is 0 Å². The maximum atomic E-state index is 12.7. The minimum absolute atomic E-state index is 0.246. The van der Waals surface area contributed by atoms with Gasteiger partial charge >= 0.3 is 6.03 Å². The van der Waals surface area contributed by atoms with Crippen molar-refractivity contribution in [3.63, 3.8) is 0 Å². The molecular weight excluding hydrogens is 376 g/mol. The Labute approximate surface area is 175 Å². The molecule has 3 aromatic carbocycles. The average molecular weight is 398 g/mol. The Hall–Kier alpha value is -3.86. The SMILES string of the molecule is Cc1cccc(CN2C(=O)N/C(=C/c3ccc(OCc4ccccc4)cc3)C2=O)c1. The van der Waals surface area contributed by atoms with E-state index in [4.69, 9.17) is 4.74 Å². The normalized spacial score (nSPS) is 14.8. The van der Waals surface area contributed by atoms with Gasteiger partial charge in [0.15, 0.2) is 0 Å². The molecule has 1 saturated heterocycles. The molecule has 0 bridgehead atoms. The second kappa shape index (κ2) is 8.66. The summed E-state index contributed by atoms with van der Waals surface area (Å²) < 4.78 is 5.78. The molecular formula is C25H22N2O3. The van der Waals surface area contributed by atoms with Gasteiger partial charge in [-0.05, 0) is 41.8 Å². The lowest BCUT2D eigenvalue weighted by molar-refractivity contribution is -0.123. The van der Waals surface area contributed by atoms with Gasteiger partial charge in [-0.2, -0.15) is 0 Å². The van der Waals surface area contributed by atoms with Crippen molar-refractivity contribution >= 4 is 18.0 Å². The largest absolute Gasteiger partial charge is 0.489 e. The van der Waals surface area contributed by atoms with Crippen LogP contribution < -0.4 is 10.1 Å². The van der Waals surface area contributed by atoms with E-state index in [1.807, 2.05) is 85.8 Å². The first-order valence-electron chi connectivity index (χ1n) is 9.75. The van der Waals surface area contributed by atoms with Crippen molar-refractivity contribution in [3.05, 3.63) is 107 Å². The predicted octanol–water partition coefficient (Wildman–Crippen LogP) is 4.67. The third-order valence-electron chi connectivity index (χ3n) is 4.82. The molecule has 3 aromatic rings. The number of amides is 3. The molecule has 1 heterocycles. The molecule has 1 aliphatic heterocycles. The molecule has 0 unspecified atom stereocenters. The maximum Gasteiger partial charge on any atom is 0.329 e. The lowest BCUT2D eigenvalue weighted by Crippen LogP contribution is -2.30. The van der Waals surface area contributed by atoms with E-state index in [0.29, 0.717) is 6.61 Å². The summed E-state index contributed by atoms with van der Waals surface area (Å²) in [5.41, 5.74) is 4.18. The van der Waals surface area contributed by atoms with E-state index >= 15 is 0 Å².